The molecular formula is C54H34N2O. The van der Waals surface area contributed by atoms with Crippen molar-refractivity contribution in [2.24, 2.45) is 0 Å². The molecule has 0 aliphatic rings. The van der Waals surface area contributed by atoms with Crippen LogP contribution < -0.4 is 4.90 Å². The molecule has 0 aliphatic carbocycles. The molecule has 0 atom stereocenters. The normalized spacial score (nSPS) is 11.9. The second-order valence-corrected chi connectivity index (χ2v) is 14.9. The number of aromatic nitrogens is 1. The fraction of sp³-hybridized carbons (Fsp3) is 0. The minimum Gasteiger partial charge on any atom is -0.456 e. The molecule has 0 spiro atoms. The van der Waals surface area contributed by atoms with Gasteiger partial charge in [-0.15, -0.1) is 0 Å². The first kappa shape index (κ1) is 31.7. The Morgan fingerprint density at radius 3 is 1.40 bits per heavy atom. The maximum absolute atomic E-state index is 6.73. The van der Waals surface area contributed by atoms with Crippen molar-refractivity contribution in [1.29, 1.82) is 0 Å². The van der Waals surface area contributed by atoms with Crippen molar-refractivity contribution in [3.63, 3.8) is 0 Å². The highest BCUT2D eigenvalue weighted by Crippen LogP contribution is 2.43. The average Bonchev–Trinajstić information content (AvgIpc) is 3.94. The van der Waals surface area contributed by atoms with E-state index in [1.807, 2.05) is 0 Å². The zero-order chi connectivity index (χ0) is 37.5. The van der Waals surface area contributed by atoms with Gasteiger partial charge < -0.3 is 13.7 Å². The second kappa shape index (κ2) is 12.5. The van der Waals surface area contributed by atoms with Crippen molar-refractivity contribution in [2.45, 2.75) is 0 Å². The fourth-order valence-electron chi connectivity index (χ4n) is 9.01. The standard InChI is InChI=1S/C54H34N2O/c1-3-10-35(11-4-1)37-18-24-41(25-19-37)55(42-26-20-38(21-27-42)36-12-5-2-6-13-36)43-28-31-47-46-30-23-40(33-52(46)57-53(47)34-43)39-22-29-45-49-16-9-15-48-44-14-7-8-17-50(44)56(54(48)49)51(45)32-39/h1-34H. The van der Waals surface area contributed by atoms with Crippen LogP contribution in [0.5, 0.6) is 0 Å². The summed E-state index contributed by atoms with van der Waals surface area (Å²) >= 11 is 0. The monoisotopic (exact) mass is 726 g/mol. The molecule has 0 bridgehead atoms. The molecule has 3 nitrogen and oxygen atoms in total. The second-order valence-electron chi connectivity index (χ2n) is 14.9. The molecule has 0 radical (unpaired) electrons. The van der Waals surface area contributed by atoms with Crippen LogP contribution >= 0.6 is 0 Å². The third kappa shape index (κ3) is 4.99. The van der Waals surface area contributed by atoms with Crippen LogP contribution in [0.2, 0.25) is 0 Å². The van der Waals surface area contributed by atoms with E-state index in [0.717, 1.165) is 44.6 Å². The third-order valence-corrected chi connectivity index (χ3v) is 11.7. The van der Waals surface area contributed by atoms with E-state index in [4.69, 9.17) is 4.42 Å². The summed E-state index contributed by atoms with van der Waals surface area (Å²) in [6.07, 6.45) is 0. The summed E-state index contributed by atoms with van der Waals surface area (Å²) in [4.78, 5) is 2.31. The van der Waals surface area contributed by atoms with Gasteiger partial charge in [0.05, 0.1) is 16.6 Å². The molecule has 0 saturated carbocycles. The van der Waals surface area contributed by atoms with Crippen LogP contribution in [0.3, 0.4) is 0 Å². The summed E-state index contributed by atoms with van der Waals surface area (Å²) in [6.45, 7) is 0. The van der Waals surface area contributed by atoms with Crippen LogP contribution in [-0.2, 0) is 0 Å². The summed E-state index contributed by atoms with van der Waals surface area (Å²) in [5.74, 6) is 0. The summed E-state index contributed by atoms with van der Waals surface area (Å²) in [5, 5.41) is 7.37. The number of nitrogens with zero attached hydrogens (tertiary/aromatic N) is 2. The van der Waals surface area contributed by atoms with Gasteiger partial charge in [-0.2, -0.15) is 0 Å². The molecule has 57 heavy (non-hydrogen) atoms. The van der Waals surface area contributed by atoms with Gasteiger partial charge in [0.1, 0.15) is 11.2 Å². The molecule has 3 heterocycles. The SMILES string of the molecule is c1ccc(-c2ccc(N(c3ccc(-c4ccccc4)cc3)c3ccc4c(c3)oc3cc(-c5ccc6c7cccc8c9ccccc9n(c6c5)c87)ccc34)cc2)cc1. The maximum Gasteiger partial charge on any atom is 0.137 e. The molecule has 0 fully saturated rings. The van der Waals surface area contributed by atoms with Crippen LogP contribution in [0.25, 0.3) is 93.4 Å². The van der Waals surface area contributed by atoms with Gasteiger partial charge >= 0.3 is 0 Å². The van der Waals surface area contributed by atoms with Crippen molar-refractivity contribution in [3.05, 3.63) is 206 Å². The van der Waals surface area contributed by atoms with E-state index < -0.39 is 0 Å². The van der Waals surface area contributed by atoms with Crippen LogP contribution in [0, 0.1) is 0 Å². The zero-order valence-corrected chi connectivity index (χ0v) is 30.9. The predicted molar refractivity (Wildman–Crippen MR) is 239 cm³/mol. The number of fused-ring (bicyclic) bond motifs is 9. The average molecular weight is 727 g/mol. The van der Waals surface area contributed by atoms with Gasteiger partial charge in [0, 0.05) is 55.4 Å². The largest absolute Gasteiger partial charge is 0.456 e. The molecule has 0 aliphatic heterocycles. The first-order chi connectivity index (χ1) is 28.2. The number of rotatable bonds is 6. The Bertz CT molecular complexity index is 3350. The smallest absolute Gasteiger partial charge is 0.137 e. The molecule has 0 amide bonds. The van der Waals surface area contributed by atoms with Crippen LogP contribution in [0.15, 0.2) is 211 Å². The minimum atomic E-state index is 0.858. The van der Waals surface area contributed by atoms with Gasteiger partial charge in [-0.25, -0.2) is 0 Å². The number of para-hydroxylation sites is 2. The fourth-order valence-corrected chi connectivity index (χ4v) is 9.01. The molecule has 0 N–H and O–H groups in total. The van der Waals surface area contributed by atoms with Crippen molar-refractivity contribution < 1.29 is 4.42 Å². The Labute approximate surface area is 329 Å². The van der Waals surface area contributed by atoms with Crippen LogP contribution in [-0.4, -0.2) is 4.40 Å². The molecule has 9 aromatic carbocycles. The quantitative estimate of drug-likeness (QED) is 0.170. The van der Waals surface area contributed by atoms with E-state index in [-0.39, 0.29) is 0 Å². The van der Waals surface area contributed by atoms with Crippen molar-refractivity contribution in [1.82, 2.24) is 4.40 Å². The van der Waals surface area contributed by atoms with Crippen LogP contribution in [0.1, 0.15) is 0 Å². The first-order valence-corrected chi connectivity index (χ1v) is 19.5. The lowest BCUT2D eigenvalue weighted by Crippen LogP contribution is -2.09. The zero-order valence-electron chi connectivity index (χ0n) is 30.9. The van der Waals surface area contributed by atoms with Crippen molar-refractivity contribution in [3.8, 4) is 33.4 Å². The van der Waals surface area contributed by atoms with E-state index in [9.17, 15) is 0 Å². The molecule has 0 saturated heterocycles. The summed E-state index contributed by atoms with van der Waals surface area (Å²) < 4.78 is 9.18. The topological polar surface area (TPSA) is 20.8 Å². The Balaban J connectivity index is 0.957. The molecule has 12 aromatic rings. The van der Waals surface area contributed by atoms with Gasteiger partial charge in [-0.3, -0.25) is 0 Å². The van der Waals surface area contributed by atoms with E-state index in [1.54, 1.807) is 0 Å². The number of anilines is 3. The van der Waals surface area contributed by atoms with Crippen molar-refractivity contribution in [2.75, 3.05) is 4.90 Å². The predicted octanol–water partition coefficient (Wildman–Crippen LogP) is 15.2. The number of benzene rings is 9. The number of hydrogen-bond donors (Lipinski definition) is 0. The summed E-state index contributed by atoms with van der Waals surface area (Å²) in [5.41, 5.74) is 15.8. The van der Waals surface area contributed by atoms with Gasteiger partial charge in [0.2, 0.25) is 0 Å². The van der Waals surface area contributed by atoms with Crippen molar-refractivity contribution >= 4 is 77.1 Å². The Morgan fingerprint density at radius 1 is 0.298 bits per heavy atom. The highest BCUT2D eigenvalue weighted by Gasteiger charge is 2.19. The van der Waals surface area contributed by atoms with Gasteiger partial charge in [-0.05, 0) is 94.0 Å². The lowest BCUT2D eigenvalue weighted by atomic mass is 10.0. The van der Waals surface area contributed by atoms with Gasteiger partial charge in [0.25, 0.3) is 0 Å². The summed E-state index contributed by atoms with van der Waals surface area (Å²) in [7, 11) is 0. The van der Waals surface area contributed by atoms with E-state index >= 15 is 0 Å². The Kier molecular flexibility index (Phi) is 6.93. The molecule has 3 heteroatoms. The molecule has 12 rings (SSSR count). The molecule has 266 valence electrons. The molecule has 3 aromatic heterocycles. The number of furan rings is 1. The van der Waals surface area contributed by atoms with E-state index in [0.29, 0.717) is 0 Å². The molecular weight excluding hydrogens is 693 g/mol. The lowest BCUT2D eigenvalue weighted by Gasteiger charge is -2.26. The highest BCUT2D eigenvalue weighted by atomic mass is 16.3. The Morgan fingerprint density at radius 2 is 0.754 bits per heavy atom. The first-order valence-electron chi connectivity index (χ1n) is 19.5. The van der Waals surface area contributed by atoms with E-state index in [2.05, 4.69) is 216 Å². The van der Waals surface area contributed by atoms with Gasteiger partial charge in [-0.1, -0.05) is 140 Å². The van der Waals surface area contributed by atoms with Gasteiger partial charge in [0.15, 0.2) is 0 Å². The molecule has 0 unspecified atom stereocenters. The Hall–Kier alpha value is -7.62. The van der Waals surface area contributed by atoms with E-state index in [1.165, 1.54) is 65.9 Å². The highest BCUT2D eigenvalue weighted by molar-refractivity contribution is 6.23. The maximum atomic E-state index is 6.73. The minimum absolute atomic E-state index is 0.858. The summed E-state index contributed by atoms with van der Waals surface area (Å²) in [6, 6.07) is 74.2. The third-order valence-electron chi connectivity index (χ3n) is 11.7. The lowest BCUT2D eigenvalue weighted by molar-refractivity contribution is 0.669. The number of hydrogen-bond acceptors (Lipinski definition) is 2. The van der Waals surface area contributed by atoms with Crippen LogP contribution in [0.4, 0.5) is 17.1 Å².